The average molecular weight is 178 g/mol. The molecule has 0 saturated heterocycles. The number of anilines is 1. The van der Waals surface area contributed by atoms with Crippen LogP contribution in [0.5, 0.6) is 0 Å². The van der Waals surface area contributed by atoms with Crippen LogP contribution in [0.3, 0.4) is 0 Å². The molecule has 2 aromatic rings. The Kier molecular flexibility index (Phi) is 1.79. The molecule has 6 heteroatoms. The Bertz CT molecular complexity index is 379. The number of nitrogens with zero attached hydrogens (tertiary/aromatic N) is 2. The zero-order chi connectivity index (χ0) is 9.10. The van der Waals surface area contributed by atoms with Gasteiger partial charge < -0.3 is 9.84 Å². The van der Waals surface area contributed by atoms with Gasteiger partial charge in [0.05, 0.1) is 18.1 Å². The van der Waals surface area contributed by atoms with Gasteiger partial charge in [0.2, 0.25) is 5.76 Å². The number of carbonyl (C=O) groups excluding carboxylic acids is 1. The standard InChI is InChI=1S/C7H6N4O2/c12-7(6-1-2-10-13-6)11-5-3-8-9-4-5/h1-4H,(H,8,9)(H,11,12). The maximum atomic E-state index is 11.3. The molecule has 0 unspecified atom stereocenters. The van der Waals surface area contributed by atoms with E-state index in [9.17, 15) is 4.79 Å². The highest BCUT2D eigenvalue weighted by Gasteiger charge is 2.09. The summed E-state index contributed by atoms with van der Waals surface area (Å²) in [4.78, 5) is 11.3. The summed E-state index contributed by atoms with van der Waals surface area (Å²) in [6.45, 7) is 0. The molecule has 0 spiro atoms. The predicted molar refractivity (Wildman–Crippen MR) is 43.0 cm³/mol. The summed E-state index contributed by atoms with van der Waals surface area (Å²) in [6, 6.07) is 1.48. The highest BCUT2D eigenvalue weighted by atomic mass is 16.5. The second kappa shape index (κ2) is 3.10. The third-order valence-corrected chi connectivity index (χ3v) is 1.42. The molecule has 0 bridgehead atoms. The van der Waals surface area contributed by atoms with Crippen LogP contribution in [0, 0.1) is 0 Å². The van der Waals surface area contributed by atoms with Gasteiger partial charge in [0.25, 0.3) is 5.91 Å². The van der Waals surface area contributed by atoms with Gasteiger partial charge in [-0.2, -0.15) is 5.10 Å². The fourth-order valence-corrected chi connectivity index (χ4v) is 0.845. The second-order valence-electron chi connectivity index (χ2n) is 2.32. The minimum absolute atomic E-state index is 0.168. The van der Waals surface area contributed by atoms with E-state index in [0.717, 1.165) is 0 Å². The van der Waals surface area contributed by atoms with Crippen molar-refractivity contribution >= 4 is 11.6 Å². The van der Waals surface area contributed by atoms with E-state index in [1.165, 1.54) is 18.5 Å². The van der Waals surface area contributed by atoms with E-state index < -0.39 is 0 Å². The van der Waals surface area contributed by atoms with Crippen LogP contribution in [0.4, 0.5) is 5.69 Å². The van der Waals surface area contributed by atoms with E-state index in [0.29, 0.717) is 5.69 Å². The van der Waals surface area contributed by atoms with Gasteiger partial charge in [0.15, 0.2) is 0 Å². The Morgan fingerprint density at radius 3 is 3.15 bits per heavy atom. The fraction of sp³-hybridized carbons (Fsp3) is 0. The number of nitrogens with one attached hydrogen (secondary N) is 2. The molecule has 2 aromatic heterocycles. The summed E-state index contributed by atoms with van der Waals surface area (Å²) < 4.78 is 4.65. The number of amides is 1. The molecule has 0 fully saturated rings. The Balaban J connectivity index is 2.08. The highest BCUT2D eigenvalue weighted by molar-refractivity contribution is 6.01. The van der Waals surface area contributed by atoms with E-state index in [4.69, 9.17) is 0 Å². The van der Waals surface area contributed by atoms with E-state index in [1.807, 2.05) is 0 Å². The molecule has 2 heterocycles. The molecule has 6 nitrogen and oxygen atoms in total. The summed E-state index contributed by atoms with van der Waals surface area (Å²) in [5, 5.41) is 12.2. The number of hydrogen-bond acceptors (Lipinski definition) is 4. The van der Waals surface area contributed by atoms with E-state index in [2.05, 4.69) is 25.2 Å². The van der Waals surface area contributed by atoms with Crippen LogP contribution in [0.2, 0.25) is 0 Å². The van der Waals surface area contributed by atoms with Crippen molar-refractivity contribution in [3.8, 4) is 0 Å². The van der Waals surface area contributed by atoms with Gasteiger partial charge in [0, 0.05) is 12.3 Å². The van der Waals surface area contributed by atoms with Crippen LogP contribution in [-0.2, 0) is 0 Å². The Labute approximate surface area is 72.9 Å². The highest BCUT2D eigenvalue weighted by Crippen LogP contribution is 2.05. The molecular formula is C7H6N4O2. The summed E-state index contributed by atoms with van der Waals surface area (Å²) in [5.74, 6) is -0.180. The second-order valence-corrected chi connectivity index (χ2v) is 2.32. The minimum Gasteiger partial charge on any atom is -0.351 e. The van der Waals surface area contributed by atoms with Crippen LogP contribution >= 0.6 is 0 Å². The smallest absolute Gasteiger partial charge is 0.294 e. The molecule has 13 heavy (non-hydrogen) atoms. The number of H-pyrrole nitrogens is 1. The van der Waals surface area contributed by atoms with Gasteiger partial charge in [-0.25, -0.2) is 0 Å². The first-order valence-corrected chi connectivity index (χ1v) is 3.57. The van der Waals surface area contributed by atoms with Crippen molar-refractivity contribution in [3.63, 3.8) is 0 Å². The van der Waals surface area contributed by atoms with Crippen LogP contribution in [-0.4, -0.2) is 21.3 Å². The Morgan fingerprint density at radius 2 is 2.54 bits per heavy atom. The van der Waals surface area contributed by atoms with Crippen molar-refractivity contribution in [2.24, 2.45) is 0 Å². The number of hydrogen-bond donors (Lipinski definition) is 2. The van der Waals surface area contributed by atoms with Crippen LogP contribution in [0.25, 0.3) is 0 Å². The van der Waals surface area contributed by atoms with Crippen molar-refractivity contribution in [1.82, 2.24) is 15.4 Å². The van der Waals surface area contributed by atoms with Crippen LogP contribution < -0.4 is 5.32 Å². The Hall–Kier alpha value is -2.11. The van der Waals surface area contributed by atoms with Gasteiger partial charge in [-0.1, -0.05) is 5.16 Å². The third-order valence-electron chi connectivity index (χ3n) is 1.42. The van der Waals surface area contributed by atoms with Gasteiger partial charge in [-0.15, -0.1) is 0 Å². The summed E-state index contributed by atoms with van der Waals surface area (Å²) >= 11 is 0. The molecule has 0 aromatic carbocycles. The molecule has 66 valence electrons. The molecule has 0 radical (unpaired) electrons. The van der Waals surface area contributed by atoms with E-state index >= 15 is 0 Å². The van der Waals surface area contributed by atoms with Gasteiger partial charge in [0.1, 0.15) is 0 Å². The molecular weight excluding hydrogens is 172 g/mol. The third kappa shape index (κ3) is 1.56. The van der Waals surface area contributed by atoms with Gasteiger partial charge >= 0.3 is 0 Å². The average Bonchev–Trinajstić information content (AvgIpc) is 2.74. The molecule has 2 rings (SSSR count). The quantitative estimate of drug-likeness (QED) is 0.707. The van der Waals surface area contributed by atoms with Crippen molar-refractivity contribution < 1.29 is 9.32 Å². The molecule has 2 N–H and O–H groups in total. The van der Waals surface area contributed by atoms with E-state index in [-0.39, 0.29) is 11.7 Å². The topological polar surface area (TPSA) is 83.8 Å². The molecule has 0 atom stereocenters. The first kappa shape index (κ1) is 7.53. The first-order chi connectivity index (χ1) is 6.36. The Morgan fingerprint density at radius 1 is 1.62 bits per heavy atom. The molecule has 0 aliphatic carbocycles. The summed E-state index contributed by atoms with van der Waals surface area (Å²) in [7, 11) is 0. The number of carbonyl (C=O) groups is 1. The molecule has 0 aliphatic rings. The zero-order valence-corrected chi connectivity index (χ0v) is 6.52. The van der Waals surface area contributed by atoms with Crippen molar-refractivity contribution in [2.75, 3.05) is 5.32 Å². The van der Waals surface area contributed by atoms with Crippen LogP contribution in [0.1, 0.15) is 10.6 Å². The molecule has 1 amide bonds. The normalized spacial score (nSPS) is 9.85. The number of aromatic nitrogens is 3. The monoisotopic (exact) mass is 178 g/mol. The summed E-state index contributed by atoms with van der Waals surface area (Å²) in [5.41, 5.74) is 0.585. The SMILES string of the molecule is O=C(Nc1cn[nH]c1)c1ccno1. The lowest BCUT2D eigenvalue weighted by Crippen LogP contribution is -2.09. The molecule has 0 saturated carbocycles. The van der Waals surface area contributed by atoms with Crippen molar-refractivity contribution in [2.45, 2.75) is 0 Å². The lowest BCUT2D eigenvalue weighted by Gasteiger charge is -1.95. The van der Waals surface area contributed by atoms with Gasteiger partial charge in [-0.05, 0) is 0 Å². The van der Waals surface area contributed by atoms with Crippen molar-refractivity contribution in [3.05, 3.63) is 30.4 Å². The van der Waals surface area contributed by atoms with E-state index in [1.54, 1.807) is 6.20 Å². The maximum Gasteiger partial charge on any atom is 0.294 e. The van der Waals surface area contributed by atoms with Crippen molar-refractivity contribution in [1.29, 1.82) is 0 Å². The minimum atomic E-state index is -0.348. The maximum absolute atomic E-state index is 11.3. The largest absolute Gasteiger partial charge is 0.351 e. The number of rotatable bonds is 2. The zero-order valence-electron chi connectivity index (χ0n) is 6.52. The lowest BCUT2D eigenvalue weighted by atomic mass is 10.4. The van der Waals surface area contributed by atoms with Gasteiger partial charge in [-0.3, -0.25) is 9.89 Å². The molecule has 0 aliphatic heterocycles. The lowest BCUT2D eigenvalue weighted by molar-refractivity contribution is 0.0988. The fourth-order valence-electron chi connectivity index (χ4n) is 0.845. The summed E-state index contributed by atoms with van der Waals surface area (Å²) in [6.07, 6.45) is 4.47. The van der Waals surface area contributed by atoms with Crippen LogP contribution in [0.15, 0.2) is 29.2 Å². The first-order valence-electron chi connectivity index (χ1n) is 3.57. The predicted octanol–water partition coefficient (Wildman–Crippen LogP) is 0.650. The number of aromatic amines is 1.